The molecule has 118 valence electrons. The van der Waals surface area contributed by atoms with Crippen LogP contribution in [-0.2, 0) is 6.42 Å². The van der Waals surface area contributed by atoms with Crippen LogP contribution in [0.4, 0.5) is 5.13 Å². The average molecular weight is 324 g/mol. The van der Waals surface area contributed by atoms with Crippen molar-refractivity contribution in [3.63, 3.8) is 0 Å². The van der Waals surface area contributed by atoms with Gasteiger partial charge in [-0.3, -0.25) is 4.90 Å². The molecule has 4 rings (SSSR count). The Morgan fingerprint density at radius 1 is 0.957 bits per heavy atom. The summed E-state index contributed by atoms with van der Waals surface area (Å²) in [7, 11) is 0. The third kappa shape index (κ3) is 3.35. The zero-order valence-corrected chi connectivity index (χ0v) is 13.9. The summed E-state index contributed by atoms with van der Waals surface area (Å²) in [5.41, 5.74) is 1.43. The van der Waals surface area contributed by atoms with Gasteiger partial charge in [0.15, 0.2) is 0 Å². The number of aromatic nitrogens is 2. The average Bonchev–Trinajstić information content (AvgIpc) is 3.15. The van der Waals surface area contributed by atoms with Crippen LogP contribution in [0.15, 0.2) is 48.8 Å². The summed E-state index contributed by atoms with van der Waals surface area (Å²) in [4.78, 5) is 9.19. The molecule has 1 fully saturated rings. The standard InChI is InChI=1S/C18H20N4S/c1-2-4-17-13-15(5-6-16(17)3-1)7-8-21-9-11-22(12-10-21)18-19-14-20-23-18/h1-6,13-14H,7-12H2. The Morgan fingerprint density at radius 3 is 2.57 bits per heavy atom. The minimum Gasteiger partial charge on any atom is -0.344 e. The van der Waals surface area contributed by atoms with E-state index in [1.165, 1.54) is 27.9 Å². The summed E-state index contributed by atoms with van der Waals surface area (Å²) in [6.07, 6.45) is 2.76. The van der Waals surface area contributed by atoms with Crippen molar-refractivity contribution in [1.82, 2.24) is 14.3 Å². The van der Waals surface area contributed by atoms with Gasteiger partial charge in [0, 0.05) is 44.3 Å². The van der Waals surface area contributed by atoms with Crippen molar-refractivity contribution in [1.29, 1.82) is 0 Å². The topological polar surface area (TPSA) is 32.3 Å². The zero-order valence-electron chi connectivity index (χ0n) is 13.1. The Kier molecular flexibility index (Phi) is 4.22. The van der Waals surface area contributed by atoms with Crippen molar-refractivity contribution in [2.24, 2.45) is 0 Å². The first kappa shape index (κ1) is 14.6. The van der Waals surface area contributed by atoms with Crippen LogP contribution >= 0.6 is 11.5 Å². The lowest BCUT2D eigenvalue weighted by atomic mass is 10.0. The maximum atomic E-state index is 4.30. The number of piperazine rings is 1. The van der Waals surface area contributed by atoms with E-state index in [1.807, 2.05) is 0 Å². The van der Waals surface area contributed by atoms with Gasteiger partial charge in [-0.2, -0.15) is 4.37 Å². The molecule has 0 N–H and O–H groups in total. The molecule has 0 saturated carbocycles. The lowest BCUT2D eigenvalue weighted by molar-refractivity contribution is 0.261. The number of rotatable bonds is 4. The Morgan fingerprint density at radius 2 is 1.78 bits per heavy atom. The van der Waals surface area contributed by atoms with Crippen LogP contribution in [0.2, 0.25) is 0 Å². The fourth-order valence-electron chi connectivity index (χ4n) is 3.15. The van der Waals surface area contributed by atoms with Gasteiger partial charge >= 0.3 is 0 Å². The molecule has 2 aromatic carbocycles. The molecule has 2 heterocycles. The first-order valence-electron chi connectivity index (χ1n) is 8.10. The predicted molar refractivity (Wildman–Crippen MR) is 96.2 cm³/mol. The minimum absolute atomic E-state index is 1.05. The number of fused-ring (bicyclic) bond motifs is 1. The van der Waals surface area contributed by atoms with Crippen LogP contribution < -0.4 is 4.90 Å². The number of anilines is 1. The van der Waals surface area contributed by atoms with E-state index in [-0.39, 0.29) is 0 Å². The Hall–Kier alpha value is -1.98. The maximum Gasteiger partial charge on any atom is 0.205 e. The lowest BCUT2D eigenvalue weighted by Gasteiger charge is -2.34. The second-order valence-corrected chi connectivity index (χ2v) is 6.74. The van der Waals surface area contributed by atoms with Gasteiger partial charge in [-0.05, 0) is 22.8 Å². The monoisotopic (exact) mass is 324 g/mol. The van der Waals surface area contributed by atoms with E-state index in [4.69, 9.17) is 0 Å². The highest BCUT2D eigenvalue weighted by atomic mass is 32.1. The molecule has 0 unspecified atom stereocenters. The van der Waals surface area contributed by atoms with Gasteiger partial charge in [-0.15, -0.1) is 0 Å². The summed E-state index contributed by atoms with van der Waals surface area (Å²) in [5.74, 6) is 0. The number of nitrogens with zero attached hydrogens (tertiary/aromatic N) is 4. The fourth-order valence-corrected chi connectivity index (χ4v) is 3.73. The summed E-state index contributed by atoms with van der Waals surface area (Å²) < 4.78 is 4.09. The molecule has 1 saturated heterocycles. The molecule has 0 spiro atoms. The van der Waals surface area contributed by atoms with Crippen LogP contribution in [0.5, 0.6) is 0 Å². The quantitative estimate of drug-likeness (QED) is 0.738. The summed E-state index contributed by atoms with van der Waals surface area (Å²) in [6, 6.07) is 15.4. The Labute approximate surface area is 140 Å². The van der Waals surface area contributed by atoms with Crippen LogP contribution in [0.3, 0.4) is 0 Å². The SMILES string of the molecule is c1ccc2cc(CCN3CCN(c4ncns4)CC3)ccc2c1. The summed E-state index contributed by atoms with van der Waals surface area (Å²) >= 11 is 1.49. The smallest absolute Gasteiger partial charge is 0.205 e. The number of hydrogen-bond acceptors (Lipinski definition) is 5. The van der Waals surface area contributed by atoms with Crippen molar-refractivity contribution < 1.29 is 0 Å². The molecule has 1 aromatic heterocycles. The summed E-state index contributed by atoms with van der Waals surface area (Å²) in [6.45, 7) is 5.43. The molecule has 1 aliphatic rings. The molecule has 0 atom stereocenters. The molecule has 0 bridgehead atoms. The van der Waals surface area contributed by atoms with E-state index in [1.54, 1.807) is 6.33 Å². The molecule has 0 aliphatic carbocycles. The van der Waals surface area contributed by atoms with E-state index in [2.05, 4.69) is 61.6 Å². The first-order chi connectivity index (χ1) is 11.4. The molecule has 4 nitrogen and oxygen atoms in total. The molecular weight excluding hydrogens is 304 g/mol. The van der Waals surface area contributed by atoms with Crippen molar-refractivity contribution in [2.45, 2.75) is 6.42 Å². The number of hydrogen-bond donors (Lipinski definition) is 0. The summed E-state index contributed by atoms with van der Waals surface area (Å²) in [5, 5.41) is 3.71. The number of benzene rings is 2. The van der Waals surface area contributed by atoms with Gasteiger partial charge in [0.25, 0.3) is 0 Å². The third-order valence-corrected chi connectivity index (χ3v) is 5.25. The minimum atomic E-state index is 1.05. The van der Waals surface area contributed by atoms with Crippen LogP contribution in [0.1, 0.15) is 5.56 Å². The predicted octanol–water partition coefficient (Wildman–Crippen LogP) is 3.06. The van der Waals surface area contributed by atoms with Gasteiger partial charge in [0.05, 0.1) is 0 Å². The molecule has 0 radical (unpaired) electrons. The highest BCUT2D eigenvalue weighted by molar-refractivity contribution is 7.09. The van der Waals surface area contributed by atoms with Crippen LogP contribution in [0, 0.1) is 0 Å². The van der Waals surface area contributed by atoms with E-state index in [0.717, 1.165) is 44.3 Å². The normalized spacial score (nSPS) is 16.1. The highest BCUT2D eigenvalue weighted by Gasteiger charge is 2.18. The molecule has 1 aliphatic heterocycles. The van der Waals surface area contributed by atoms with Crippen molar-refractivity contribution in [2.75, 3.05) is 37.6 Å². The van der Waals surface area contributed by atoms with E-state index in [0.29, 0.717) is 0 Å². The maximum absolute atomic E-state index is 4.30. The largest absolute Gasteiger partial charge is 0.344 e. The molecule has 23 heavy (non-hydrogen) atoms. The molecule has 3 aromatic rings. The fraction of sp³-hybridized carbons (Fsp3) is 0.333. The van der Waals surface area contributed by atoms with E-state index >= 15 is 0 Å². The van der Waals surface area contributed by atoms with E-state index < -0.39 is 0 Å². The Bertz CT molecular complexity index is 764. The van der Waals surface area contributed by atoms with Crippen molar-refractivity contribution >= 4 is 27.4 Å². The molecule has 5 heteroatoms. The third-order valence-electron chi connectivity index (χ3n) is 4.52. The second kappa shape index (κ2) is 6.64. The molecule has 0 amide bonds. The van der Waals surface area contributed by atoms with Crippen LogP contribution in [0.25, 0.3) is 10.8 Å². The molecular formula is C18H20N4S. The second-order valence-electron chi connectivity index (χ2n) is 5.98. The van der Waals surface area contributed by atoms with Crippen LogP contribution in [-0.4, -0.2) is 47.0 Å². The van der Waals surface area contributed by atoms with Crippen molar-refractivity contribution in [3.8, 4) is 0 Å². The van der Waals surface area contributed by atoms with Gasteiger partial charge in [-0.25, -0.2) is 4.98 Å². The highest BCUT2D eigenvalue weighted by Crippen LogP contribution is 2.18. The lowest BCUT2D eigenvalue weighted by Crippen LogP contribution is -2.46. The van der Waals surface area contributed by atoms with Gasteiger partial charge in [-0.1, -0.05) is 42.5 Å². The zero-order chi connectivity index (χ0) is 15.5. The van der Waals surface area contributed by atoms with Gasteiger partial charge < -0.3 is 4.90 Å². The van der Waals surface area contributed by atoms with Crippen molar-refractivity contribution in [3.05, 3.63) is 54.4 Å². The van der Waals surface area contributed by atoms with Gasteiger partial charge in [0.1, 0.15) is 6.33 Å². The van der Waals surface area contributed by atoms with Gasteiger partial charge in [0.2, 0.25) is 5.13 Å². The van der Waals surface area contributed by atoms with E-state index in [9.17, 15) is 0 Å². The first-order valence-corrected chi connectivity index (χ1v) is 8.87. The Balaban J connectivity index is 1.32.